The van der Waals surface area contributed by atoms with Gasteiger partial charge in [0.15, 0.2) is 0 Å². The first kappa shape index (κ1) is 18.9. The summed E-state index contributed by atoms with van der Waals surface area (Å²) in [6.07, 6.45) is 1.66. The lowest BCUT2D eigenvalue weighted by Gasteiger charge is -2.33. The fourth-order valence-electron chi connectivity index (χ4n) is 3.62. The van der Waals surface area contributed by atoms with E-state index in [0.717, 1.165) is 23.4 Å². The van der Waals surface area contributed by atoms with Gasteiger partial charge in [-0.15, -0.1) is 16.4 Å². The number of urea groups is 1. The average Bonchev–Trinajstić information content (AvgIpc) is 3.44. The van der Waals surface area contributed by atoms with E-state index < -0.39 is 5.60 Å². The number of thiophene rings is 1. The van der Waals surface area contributed by atoms with E-state index in [-0.39, 0.29) is 11.9 Å². The summed E-state index contributed by atoms with van der Waals surface area (Å²) in [5.74, 6) is 0.0582. The lowest BCUT2D eigenvalue weighted by molar-refractivity contribution is -0.0828. The van der Waals surface area contributed by atoms with Crippen LogP contribution in [0.15, 0.2) is 17.5 Å². The molecule has 0 saturated carbocycles. The van der Waals surface area contributed by atoms with Crippen LogP contribution in [0.2, 0.25) is 0 Å². The standard InChI is InChI=1S/C18H24N6O3S/c1-2-6-19-17(26)20-9-13-14-10-27-18(12-24(14)22-21-13)5-7-23(11-18)16(25)15-4-3-8-28-15/h3-4,8H,2,5-7,9-12H2,1H3,(H2,19,20,26). The molecule has 9 nitrogen and oxygen atoms in total. The SMILES string of the molecule is CCCNC(=O)NCc1nnn2c1COC1(CCN(C(=O)c3cccs3)C1)C2. The summed E-state index contributed by atoms with van der Waals surface area (Å²) in [5, 5.41) is 15.9. The minimum Gasteiger partial charge on any atom is -0.365 e. The summed E-state index contributed by atoms with van der Waals surface area (Å²) in [4.78, 5) is 26.9. The van der Waals surface area contributed by atoms with Gasteiger partial charge >= 0.3 is 6.03 Å². The average molecular weight is 404 g/mol. The summed E-state index contributed by atoms with van der Waals surface area (Å²) in [6.45, 7) is 5.11. The molecule has 2 aliphatic rings. The molecular weight excluding hydrogens is 380 g/mol. The van der Waals surface area contributed by atoms with Gasteiger partial charge in [0.25, 0.3) is 5.91 Å². The molecule has 28 heavy (non-hydrogen) atoms. The minimum atomic E-state index is -0.420. The summed E-state index contributed by atoms with van der Waals surface area (Å²) < 4.78 is 8.05. The summed E-state index contributed by atoms with van der Waals surface area (Å²) in [7, 11) is 0. The molecule has 0 aliphatic carbocycles. The Morgan fingerprint density at radius 2 is 2.25 bits per heavy atom. The Balaban J connectivity index is 1.37. The normalized spacial score (nSPS) is 21.0. The van der Waals surface area contributed by atoms with Gasteiger partial charge < -0.3 is 20.3 Å². The number of carbonyl (C=O) groups excluding carboxylic acids is 2. The molecular formula is C18H24N6O3S. The maximum absolute atomic E-state index is 12.6. The molecule has 150 valence electrons. The Morgan fingerprint density at radius 1 is 1.36 bits per heavy atom. The smallest absolute Gasteiger partial charge is 0.315 e. The quantitative estimate of drug-likeness (QED) is 0.784. The van der Waals surface area contributed by atoms with Gasteiger partial charge in [-0.2, -0.15) is 0 Å². The van der Waals surface area contributed by atoms with Crippen molar-refractivity contribution in [3.8, 4) is 0 Å². The third-order valence-corrected chi connectivity index (χ3v) is 6.02. The van der Waals surface area contributed by atoms with Gasteiger partial charge in [0.05, 0.1) is 36.8 Å². The zero-order chi connectivity index (χ0) is 19.6. The van der Waals surface area contributed by atoms with E-state index in [1.165, 1.54) is 11.3 Å². The predicted octanol–water partition coefficient (Wildman–Crippen LogP) is 1.36. The Labute approximate surface area is 167 Å². The zero-order valence-corrected chi connectivity index (χ0v) is 16.6. The second-order valence-corrected chi connectivity index (χ2v) is 8.12. The molecule has 0 bridgehead atoms. The number of nitrogens with zero attached hydrogens (tertiary/aromatic N) is 4. The number of nitrogens with one attached hydrogen (secondary N) is 2. The van der Waals surface area contributed by atoms with E-state index in [1.54, 1.807) is 0 Å². The lowest BCUT2D eigenvalue weighted by atomic mass is 10.0. The van der Waals surface area contributed by atoms with Gasteiger partial charge in [0, 0.05) is 13.1 Å². The van der Waals surface area contributed by atoms with Crippen LogP contribution in [0.4, 0.5) is 4.79 Å². The lowest BCUT2D eigenvalue weighted by Crippen LogP contribution is -2.45. The predicted molar refractivity (Wildman–Crippen MR) is 103 cm³/mol. The molecule has 0 aromatic carbocycles. The number of rotatable bonds is 5. The van der Waals surface area contributed by atoms with Gasteiger partial charge in [-0.1, -0.05) is 18.2 Å². The molecule has 3 amide bonds. The number of fused-ring (bicyclic) bond motifs is 1. The molecule has 1 unspecified atom stereocenters. The van der Waals surface area contributed by atoms with Gasteiger partial charge in [-0.3, -0.25) is 4.79 Å². The Kier molecular flexibility index (Phi) is 5.31. The van der Waals surface area contributed by atoms with E-state index in [1.807, 2.05) is 34.0 Å². The molecule has 4 rings (SSSR count). The highest BCUT2D eigenvalue weighted by Gasteiger charge is 2.45. The van der Waals surface area contributed by atoms with Crippen LogP contribution in [0.3, 0.4) is 0 Å². The topological polar surface area (TPSA) is 101 Å². The van der Waals surface area contributed by atoms with E-state index in [0.29, 0.717) is 45.0 Å². The Hall–Kier alpha value is -2.46. The molecule has 2 aromatic heterocycles. The highest BCUT2D eigenvalue weighted by Crippen LogP contribution is 2.33. The minimum absolute atomic E-state index is 0.0582. The maximum Gasteiger partial charge on any atom is 0.315 e. The van der Waals surface area contributed by atoms with Gasteiger partial charge in [-0.05, 0) is 24.3 Å². The van der Waals surface area contributed by atoms with Crippen molar-refractivity contribution in [3.05, 3.63) is 33.8 Å². The van der Waals surface area contributed by atoms with E-state index in [2.05, 4.69) is 20.9 Å². The summed E-state index contributed by atoms with van der Waals surface area (Å²) >= 11 is 1.46. The van der Waals surface area contributed by atoms with Crippen molar-refractivity contribution in [2.75, 3.05) is 19.6 Å². The number of amides is 3. The molecule has 2 aromatic rings. The second kappa shape index (κ2) is 7.88. The fourth-order valence-corrected chi connectivity index (χ4v) is 4.31. The fraction of sp³-hybridized carbons (Fsp3) is 0.556. The van der Waals surface area contributed by atoms with Crippen LogP contribution >= 0.6 is 11.3 Å². The third-order valence-electron chi connectivity index (χ3n) is 5.16. The first-order chi connectivity index (χ1) is 13.6. The van der Waals surface area contributed by atoms with Gasteiger partial charge in [-0.25, -0.2) is 9.48 Å². The first-order valence-corrected chi connectivity index (χ1v) is 10.4. The first-order valence-electron chi connectivity index (χ1n) is 9.50. The molecule has 1 fully saturated rings. The van der Waals surface area contributed by atoms with Crippen LogP contribution in [-0.4, -0.2) is 57.1 Å². The molecule has 2 N–H and O–H groups in total. The number of aromatic nitrogens is 3. The van der Waals surface area contributed by atoms with Gasteiger partial charge in [0.2, 0.25) is 0 Å². The molecule has 4 heterocycles. The van der Waals surface area contributed by atoms with Crippen LogP contribution in [0.5, 0.6) is 0 Å². The van der Waals surface area contributed by atoms with Crippen molar-refractivity contribution in [2.45, 2.75) is 45.1 Å². The number of carbonyl (C=O) groups is 2. The molecule has 10 heteroatoms. The van der Waals surface area contributed by atoms with Crippen LogP contribution in [0, 0.1) is 0 Å². The van der Waals surface area contributed by atoms with Crippen molar-refractivity contribution in [1.82, 2.24) is 30.5 Å². The van der Waals surface area contributed by atoms with Crippen molar-refractivity contribution < 1.29 is 14.3 Å². The second-order valence-electron chi connectivity index (χ2n) is 7.18. The van der Waals surface area contributed by atoms with Crippen molar-refractivity contribution in [3.63, 3.8) is 0 Å². The maximum atomic E-state index is 12.6. The van der Waals surface area contributed by atoms with Crippen molar-refractivity contribution >= 4 is 23.3 Å². The van der Waals surface area contributed by atoms with Crippen LogP contribution in [-0.2, 0) is 24.4 Å². The van der Waals surface area contributed by atoms with Crippen molar-refractivity contribution in [2.24, 2.45) is 0 Å². The number of likely N-dealkylation sites (tertiary alicyclic amines) is 1. The Morgan fingerprint density at radius 3 is 3.04 bits per heavy atom. The molecule has 1 saturated heterocycles. The summed E-state index contributed by atoms with van der Waals surface area (Å²) in [6, 6.07) is 3.53. The van der Waals surface area contributed by atoms with Crippen LogP contribution < -0.4 is 10.6 Å². The van der Waals surface area contributed by atoms with E-state index in [4.69, 9.17) is 4.74 Å². The highest BCUT2D eigenvalue weighted by molar-refractivity contribution is 7.12. The summed E-state index contributed by atoms with van der Waals surface area (Å²) in [5.41, 5.74) is 1.17. The number of ether oxygens (including phenoxy) is 1. The molecule has 2 aliphatic heterocycles. The largest absolute Gasteiger partial charge is 0.365 e. The molecule has 0 radical (unpaired) electrons. The van der Waals surface area contributed by atoms with Crippen molar-refractivity contribution in [1.29, 1.82) is 0 Å². The number of hydrogen-bond acceptors (Lipinski definition) is 6. The van der Waals surface area contributed by atoms with Crippen LogP contribution in [0.1, 0.15) is 40.8 Å². The third kappa shape index (κ3) is 3.74. The van der Waals surface area contributed by atoms with Gasteiger partial charge in [0.1, 0.15) is 11.3 Å². The van der Waals surface area contributed by atoms with E-state index >= 15 is 0 Å². The highest BCUT2D eigenvalue weighted by atomic mass is 32.1. The zero-order valence-electron chi connectivity index (χ0n) is 15.8. The van der Waals surface area contributed by atoms with E-state index in [9.17, 15) is 9.59 Å². The van der Waals surface area contributed by atoms with Crippen LogP contribution in [0.25, 0.3) is 0 Å². The Bertz CT molecular complexity index is 852. The molecule has 1 spiro atoms. The number of hydrogen-bond donors (Lipinski definition) is 2. The monoisotopic (exact) mass is 404 g/mol. The molecule has 1 atom stereocenters.